The molecule has 1 saturated heterocycles. The minimum atomic E-state index is -0.755. The SMILES string of the molecule is O=C(COC(=O)[C@H]1CC(=O)N(c2ccccc2F)C1)NCCc1ccc(F)cc1. The Kier molecular flexibility index (Phi) is 6.54. The van der Waals surface area contributed by atoms with Crippen LogP contribution in [0.3, 0.4) is 0 Å². The highest BCUT2D eigenvalue weighted by molar-refractivity contribution is 5.99. The molecule has 0 spiro atoms. The van der Waals surface area contributed by atoms with E-state index in [1.54, 1.807) is 18.2 Å². The molecule has 0 radical (unpaired) electrons. The summed E-state index contributed by atoms with van der Waals surface area (Å²) in [6.07, 6.45) is 0.411. The summed E-state index contributed by atoms with van der Waals surface area (Å²) in [7, 11) is 0. The lowest BCUT2D eigenvalue weighted by Crippen LogP contribution is -2.32. The number of rotatable bonds is 7. The van der Waals surface area contributed by atoms with Gasteiger partial charge in [0.05, 0.1) is 11.6 Å². The second kappa shape index (κ2) is 9.27. The van der Waals surface area contributed by atoms with Gasteiger partial charge in [-0.2, -0.15) is 0 Å². The van der Waals surface area contributed by atoms with Crippen LogP contribution < -0.4 is 10.2 Å². The molecule has 2 aromatic rings. The highest BCUT2D eigenvalue weighted by Crippen LogP contribution is 2.27. The Labute approximate surface area is 166 Å². The molecule has 6 nitrogen and oxygen atoms in total. The number of carbonyl (C=O) groups is 3. The smallest absolute Gasteiger partial charge is 0.311 e. The quantitative estimate of drug-likeness (QED) is 0.721. The molecule has 1 N–H and O–H groups in total. The maximum Gasteiger partial charge on any atom is 0.311 e. The van der Waals surface area contributed by atoms with Crippen molar-refractivity contribution in [2.45, 2.75) is 12.8 Å². The van der Waals surface area contributed by atoms with Crippen molar-refractivity contribution in [2.75, 3.05) is 24.6 Å². The number of esters is 1. The Hall–Kier alpha value is -3.29. The third kappa shape index (κ3) is 5.37. The van der Waals surface area contributed by atoms with Gasteiger partial charge in [0.15, 0.2) is 6.61 Å². The molecule has 1 aliphatic rings. The van der Waals surface area contributed by atoms with Crippen molar-refractivity contribution in [2.24, 2.45) is 5.92 Å². The summed E-state index contributed by atoms with van der Waals surface area (Å²) < 4.78 is 31.7. The summed E-state index contributed by atoms with van der Waals surface area (Å²) in [4.78, 5) is 37.3. The third-order valence-electron chi connectivity index (χ3n) is 4.60. The average Bonchev–Trinajstić information content (AvgIpc) is 3.09. The van der Waals surface area contributed by atoms with Crippen LogP contribution in [-0.4, -0.2) is 37.5 Å². The first kappa shape index (κ1) is 20.4. The Morgan fingerprint density at radius 2 is 1.83 bits per heavy atom. The number of ether oxygens (including phenoxy) is 1. The molecule has 2 amide bonds. The van der Waals surface area contributed by atoms with Crippen LogP contribution in [0.25, 0.3) is 0 Å². The van der Waals surface area contributed by atoms with E-state index in [4.69, 9.17) is 4.74 Å². The van der Waals surface area contributed by atoms with Crippen molar-refractivity contribution in [3.05, 3.63) is 65.7 Å². The molecule has 1 fully saturated rings. The van der Waals surface area contributed by atoms with Crippen LogP contribution in [-0.2, 0) is 25.5 Å². The molecule has 0 aromatic heterocycles. The van der Waals surface area contributed by atoms with E-state index in [1.807, 2.05) is 0 Å². The molecular weight excluding hydrogens is 382 g/mol. The summed E-state index contributed by atoms with van der Waals surface area (Å²) in [5.41, 5.74) is 0.979. The predicted octanol–water partition coefficient (Wildman–Crippen LogP) is 2.22. The molecule has 1 heterocycles. The normalized spacial score (nSPS) is 16.0. The highest BCUT2D eigenvalue weighted by Gasteiger charge is 2.37. The summed E-state index contributed by atoms with van der Waals surface area (Å²) in [5.74, 6) is -3.16. The number of benzene rings is 2. The van der Waals surface area contributed by atoms with Crippen molar-refractivity contribution in [1.29, 1.82) is 0 Å². The van der Waals surface area contributed by atoms with Crippen LogP contribution in [0.4, 0.5) is 14.5 Å². The number of hydrogen-bond acceptors (Lipinski definition) is 4. The summed E-state index contributed by atoms with van der Waals surface area (Å²) in [5, 5.41) is 2.61. The first-order valence-corrected chi connectivity index (χ1v) is 9.16. The van der Waals surface area contributed by atoms with Gasteiger partial charge in [0.1, 0.15) is 11.6 Å². The molecule has 1 atom stereocenters. The average molecular weight is 402 g/mol. The van der Waals surface area contributed by atoms with Gasteiger partial charge in [-0.25, -0.2) is 8.78 Å². The van der Waals surface area contributed by atoms with E-state index in [9.17, 15) is 23.2 Å². The van der Waals surface area contributed by atoms with Gasteiger partial charge in [-0.3, -0.25) is 14.4 Å². The van der Waals surface area contributed by atoms with Gasteiger partial charge in [0, 0.05) is 19.5 Å². The number of para-hydroxylation sites is 1. The van der Waals surface area contributed by atoms with E-state index >= 15 is 0 Å². The second-order valence-corrected chi connectivity index (χ2v) is 6.69. The van der Waals surface area contributed by atoms with E-state index in [0.29, 0.717) is 13.0 Å². The van der Waals surface area contributed by atoms with Crippen LogP contribution in [0.15, 0.2) is 48.5 Å². The first-order chi connectivity index (χ1) is 13.9. The number of halogens is 2. The zero-order chi connectivity index (χ0) is 20.8. The number of carbonyl (C=O) groups excluding carboxylic acids is 3. The van der Waals surface area contributed by atoms with Gasteiger partial charge in [0.25, 0.3) is 5.91 Å². The van der Waals surface area contributed by atoms with E-state index in [0.717, 1.165) is 5.56 Å². The van der Waals surface area contributed by atoms with Crippen molar-refractivity contribution in [3.8, 4) is 0 Å². The molecule has 0 bridgehead atoms. The zero-order valence-corrected chi connectivity index (χ0v) is 15.6. The van der Waals surface area contributed by atoms with Gasteiger partial charge >= 0.3 is 5.97 Å². The number of nitrogens with one attached hydrogen (secondary N) is 1. The lowest BCUT2D eigenvalue weighted by molar-refractivity contribution is -0.152. The number of amides is 2. The highest BCUT2D eigenvalue weighted by atomic mass is 19.1. The summed E-state index contributed by atoms with van der Waals surface area (Å²) in [6, 6.07) is 11.8. The van der Waals surface area contributed by atoms with Crippen molar-refractivity contribution >= 4 is 23.5 Å². The van der Waals surface area contributed by atoms with Crippen LogP contribution >= 0.6 is 0 Å². The molecule has 0 unspecified atom stereocenters. The molecule has 152 valence electrons. The van der Waals surface area contributed by atoms with Crippen LogP contribution in [0.5, 0.6) is 0 Å². The molecule has 0 aliphatic carbocycles. The van der Waals surface area contributed by atoms with Crippen LogP contribution in [0.2, 0.25) is 0 Å². The van der Waals surface area contributed by atoms with E-state index in [1.165, 1.54) is 35.2 Å². The number of anilines is 1. The lowest BCUT2D eigenvalue weighted by atomic mass is 10.1. The standard InChI is InChI=1S/C21H20F2N2O4/c22-16-7-5-14(6-8-16)9-10-24-19(26)13-29-21(28)15-11-20(27)25(12-15)18-4-2-1-3-17(18)23/h1-8,15H,9-13H2,(H,24,26)/t15-/m0/s1. The maximum absolute atomic E-state index is 13.9. The first-order valence-electron chi connectivity index (χ1n) is 9.16. The van der Waals surface area contributed by atoms with Crippen molar-refractivity contribution < 1.29 is 27.9 Å². The van der Waals surface area contributed by atoms with Crippen molar-refractivity contribution in [3.63, 3.8) is 0 Å². The zero-order valence-electron chi connectivity index (χ0n) is 15.6. The Bertz CT molecular complexity index is 902. The Morgan fingerprint density at radius 1 is 1.10 bits per heavy atom. The van der Waals surface area contributed by atoms with Crippen molar-refractivity contribution in [1.82, 2.24) is 5.32 Å². The molecule has 1 aliphatic heterocycles. The number of hydrogen-bond donors (Lipinski definition) is 1. The van der Waals surface area contributed by atoms with Gasteiger partial charge in [-0.1, -0.05) is 24.3 Å². The monoisotopic (exact) mass is 402 g/mol. The van der Waals surface area contributed by atoms with Crippen LogP contribution in [0.1, 0.15) is 12.0 Å². The molecule has 29 heavy (non-hydrogen) atoms. The molecule has 8 heteroatoms. The minimum Gasteiger partial charge on any atom is -0.455 e. The topological polar surface area (TPSA) is 75.7 Å². The van der Waals surface area contributed by atoms with Gasteiger partial charge in [0.2, 0.25) is 5.91 Å². The third-order valence-corrected chi connectivity index (χ3v) is 4.60. The minimum absolute atomic E-state index is 0.00475. The molecular formula is C21H20F2N2O4. The van der Waals surface area contributed by atoms with Gasteiger partial charge < -0.3 is 15.0 Å². The maximum atomic E-state index is 13.9. The second-order valence-electron chi connectivity index (χ2n) is 6.69. The Balaban J connectivity index is 1.42. The van der Waals surface area contributed by atoms with Gasteiger partial charge in [-0.05, 0) is 36.2 Å². The van der Waals surface area contributed by atoms with Gasteiger partial charge in [-0.15, -0.1) is 0 Å². The van der Waals surface area contributed by atoms with E-state index in [2.05, 4.69) is 5.32 Å². The summed E-state index contributed by atoms with van der Waals surface area (Å²) in [6.45, 7) is -0.150. The fraction of sp³-hybridized carbons (Fsp3) is 0.286. The number of nitrogens with zero attached hydrogens (tertiary/aromatic N) is 1. The predicted molar refractivity (Wildman–Crippen MR) is 101 cm³/mol. The summed E-state index contributed by atoms with van der Waals surface area (Å²) >= 11 is 0. The molecule has 3 rings (SSSR count). The lowest BCUT2D eigenvalue weighted by Gasteiger charge is -2.17. The Morgan fingerprint density at radius 3 is 2.55 bits per heavy atom. The molecule has 2 aromatic carbocycles. The molecule has 0 saturated carbocycles. The fourth-order valence-electron chi connectivity index (χ4n) is 3.07. The van der Waals surface area contributed by atoms with E-state index in [-0.39, 0.29) is 30.4 Å². The largest absolute Gasteiger partial charge is 0.455 e. The fourth-order valence-corrected chi connectivity index (χ4v) is 3.07. The van der Waals surface area contributed by atoms with E-state index < -0.39 is 30.2 Å². The van der Waals surface area contributed by atoms with Crippen LogP contribution in [0, 0.1) is 17.6 Å².